The Balaban J connectivity index is 3.35. The number of unbranched alkanes of at least 4 members (excludes halogenated alkanes) is 32. The highest BCUT2D eigenvalue weighted by Gasteiger charge is 2.13. The molecule has 0 saturated heterocycles. The van der Waals surface area contributed by atoms with E-state index in [0.717, 1.165) is 38.5 Å². The van der Waals surface area contributed by atoms with Gasteiger partial charge in [0.05, 0.1) is 13.2 Å². The van der Waals surface area contributed by atoms with Crippen LogP contribution in [0.25, 0.3) is 0 Å². The van der Waals surface area contributed by atoms with Gasteiger partial charge >= 0.3 is 5.97 Å². The fourth-order valence-electron chi connectivity index (χ4n) is 7.35. The number of carbonyl (C=O) groups excluding carboxylic acids is 1. The molecule has 1 N–H and O–H groups in total. The molecule has 55 heavy (non-hydrogen) atoms. The molecule has 0 aliphatic rings. The third-order valence-corrected chi connectivity index (χ3v) is 11.0. The van der Waals surface area contributed by atoms with Gasteiger partial charge in [-0.1, -0.05) is 243 Å². The Morgan fingerprint density at radius 3 is 1.24 bits per heavy atom. The van der Waals surface area contributed by atoms with E-state index in [-0.39, 0.29) is 12.6 Å². The Bertz CT molecular complexity index is 818. The fraction of sp³-hybridized carbons (Fsp3) is 0.863. The van der Waals surface area contributed by atoms with Crippen LogP contribution in [0.2, 0.25) is 0 Å². The van der Waals surface area contributed by atoms with E-state index in [1.54, 1.807) is 0 Å². The molecule has 0 aromatic heterocycles. The van der Waals surface area contributed by atoms with E-state index in [1.807, 2.05) is 0 Å². The first-order chi connectivity index (χ1) is 27.2. The molecule has 0 heterocycles. The van der Waals surface area contributed by atoms with Crippen LogP contribution in [0.1, 0.15) is 258 Å². The lowest BCUT2D eigenvalue weighted by Crippen LogP contribution is -2.27. The van der Waals surface area contributed by atoms with Gasteiger partial charge in [-0.15, -0.1) is 0 Å². The number of ether oxygens (including phenoxy) is 2. The van der Waals surface area contributed by atoms with E-state index in [0.29, 0.717) is 19.6 Å². The molecule has 4 heteroatoms. The van der Waals surface area contributed by atoms with E-state index < -0.39 is 6.10 Å². The minimum atomic E-state index is -0.537. The minimum Gasteiger partial charge on any atom is -0.457 e. The van der Waals surface area contributed by atoms with Gasteiger partial charge in [-0.2, -0.15) is 0 Å². The molecule has 0 rings (SSSR count). The maximum Gasteiger partial charge on any atom is 0.306 e. The standard InChI is InChI=1S/C51H96O4/c1-3-5-7-9-11-13-15-17-19-21-22-23-24-25-26-27-28-29-31-33-35-37-39-41-43-45-47-54-49-50(48-52)55-51(53)46-44-42-40-38-36-34-32-30-20-18-16-14-12-10-8-6-4-2/h6,8,12,14,18,20,50,52H,3-5,7,9-11,13,15-17,19,21-49H2,1-2H3/b8-6-,14-12-,20-18-. The van der Waals surface area contributed by atoms with Crippen molar-refractivity contribution in [3.63, 3.8) is 0 Å². The summed E-state index contributed by atoms with van der Waals surface area (Å²) in [4.78, 5) is 12.2. The van der Waals surface area contributed by atoms with Crippen molar-refractivity contribution in [2.45, 2.75) is 264 Å². The minimum absolute atomic E-state index is 0.173. The van der Waals surface area contributed by atoms with Gasteiger partial charge in [0, 0.05) is 13.0 Å². The maximum absolute atomic E-state index is 12.2. The fourth-order valence-corrected chi connectivity index (χ4v) is 7.35. The highest BCUT2D eigenvalue weighted by atomic mass is 16.6. The lowest BCUT2D eigenvalue weighted by atomic mass is 10.0. The van der Waals surface area contributed by atoms with Crippen LogP contribution in [0.15, 0.2) is 36.5 Å². The van der Waals surface area contributed by atoms with Gasteiger partial charge in [0.25, 0.3) is 0 Å². The molecule has 0 fully saturated rings. The third kappa shape index (κ3) is 46.9. The average molecular weight is 773 g/mol. The number of esters is 1. The highest BCUT2D eigenvalue weighted by molar-refractivity contribution is 5.69. The highest BCUT2D eigenvalue weighted by Crippen LogP contribution is 2.16. The molecule has 4 nitrogen and oxygen atoms in total. The van der Waals surface area contributed by atoms with E-state index in [2.05, 4.69) is 50.3 Å². The van der Waals surface area contributed by atoms with Crippen LogP contribution < -0.4 is 0 Å². The lowest BCUT2D eigenvalue weighted by Gasteiger charge is -2.16. The Kier molecular flexibility index (Phi) is 47.5. The van der Waals surface area contributed by atoms with Gasteiger partial charge in [-0.25, -0.2) is 0 Å². The summed E-state index contributed by atoms with van der Waals surface area (Å²) >= 11 is 0. The SMILES string of the molecule is CC/C=C\C/C=C\C/C=C\CCCCCCCCCC(=O)OC(CO)COCCCCCCCCCCCCCCCCCCCCCCCCCCCC. The second-order valence-electron chi connectivity index (χ2n) is 16.5. The van der Waals surface area contributed by atoms with Crippen LogP contribution >= 0.6 is 0 Å². The summed E-state index contributed by atoms with van der Waals surface area (Å²) in [7, 11) is 0. The van der Waals surface area contributed by atoms with Crippen molar-refractivity contribution in [1.82, 2.24) is 0 Å². The van der Waals surface area contributed by atoms with E-state index in [1.165, 1.54) is 199 Å². The third-order valence-electron chi connectivity index (χ3n) is 11.0. The number of aliphatic hydroxyl groups is 1. The van der Waals surface area contributed by atoms with Crippen LogP contribution in [-0.4, -0.2) is 37.0 Å². The summed E-state index contributed by atoms with van der Waals surface area (Å²) in [6.45, 7) is 5.27. The Morgan fingerprint density at radius 1 is 0.455 bits per heavy atom. The summed E-state index contributed by atoms with van der Waals surface area (Å²) < 4.78 is 11.2. The number of hydrogen-bond acceptors (Lipinski definition) is 4. The van der Waals surface area contributed by atoms with Crippen molar-refractivity contribution < 1.29 is 19.4 Å². The molecule has 0 saturated carbocycles. The molecule has 1 unspecified atom stereocenters. The van der Waals surface area contributed by atoms with Gasteiger partial charge in [0.1, 0.15) is 6.10 Å². The van der Waals surface area contributed by atoms with Crippen molar-refractivity contribution in [2.24, 2.45) is 0 Å². The van der Waals surface area contributed by atoms with E-state index >= 15 is 0 Å². The molecular formula is C51H96O4. The van der Waals surface area contributed by atoms with Crippen LogP contribution in [0, 0.1) is 0 Å². The number of rotatable bonds is 46. The van der Waals surface area contributed by atoms with Crippen molar-refractivity contribution in [2.75, 3.05) is 19.8 Å². The second-order valence-corrected chi connectivity index (χ2v) is 16.5. The number of aliphatic hydroxyl groups excluding tert-OH is 1. The predicted molar refractivity (Wildman–Crippen MR) is 242 cm³/mol. The first kappa shape index (κ1) is 53.6. The summed E-state index contributed by atoms with van der Waals surface area (Å²) in [5.41, 5.74) is 0. The zero-order chi connectivity index (χ0) is 39.8. The number of allylic oxidation sites excluding steroid dienone is 6. The molecular weight excluding hydrogens is 677 g/mol. The topological polar surface area (TPSA) is 55.8 Å². The van der Waals surface area contributed by atoms with Gasteiger partial charge in [-0.05, 0) is 44.9 Å². The lowest BCUT2D eigenvalue weighted by molar-refractivity contribution is -0.154. The van der Waals surface area contributed by atoms with Crippen LogP contribution in [0.3, 0.4) is 0 Å². The summed E-state index contributed by atoms with van der Waals surface area (Å²) in [6, 6.07) is 0. The molecule has 0 aromatic rings. The van der Waals surface area contributed by atoms with Crippen molar-refractivity contribution in [3.05, 3.63) is 36.5 Å². The van der Waals surface area contributed by atoms with Crippen molar-refractivity contribution in [1.29, 1.82) is 0 Å². The normalized spacial score (nSPS) is 12.6. The summed E-state index contributed by atoms with van der Waals surface area (Å²) in [5, 5.41) is 9.63. The van der Waals surface area contributed by atoms with Gasteiger partial charge < -0.3 is 14.6 Å². The molecule has 1 atom stereocenters. The van der Waals surface area contributed by atoms with E-state index in [4.69, 9.17) is 9.47 Å². The van der Waals surface area contributed by atoms with E-state index in [9.17, 15) is 9.90 Å². The van der Waals surface area contributed by atoms with Crippen molar-refractivity contribution >= 4 is 5.97 Å². The Labute approximate surface area is 344 Å². The maximum atomic E-state index is 12.2. The first-order valence-corrected chi connectivity index (χ1v) is 24.6. The number of hydrogen-bond donors (Lipinski definition) is 1. The zero-order valence-corrected chi connectivity index (χ0v) is 37.2. The molecule has 324 valence electrons. The molecule has 0 aliphatic carbocycles. The second kappa shape index (κ2) is 48.8. The van der Waals surface area contributed by atoms with Crippen LogP contribution in [0.4, 0.5) is 0 Å². The molecule has 0 aromatic carbocycles. The number of carbonyl (C=O) groups is 1. The molecule has 0 bridgehead atoms. The Morgan fingerprint density at radius 2 is 0.818 bits per heavy atom. The average Bonchev–Trinajstić information content (AvgIpc) is 3.19. The van der Waals surface area contributed by atoms with Gasteiger partial charge in [0.2, 0.25) is 0 Å². The monoisotopic (exact) mass is 773 g/mol. The largest absolute Gasteiger partial charge is 0.457 e. The molecule has 0 amide bonds. The predicted octanol–water partition coefficient (Wildman–Crippen LogP) is 16.4. The summed E-state index contributed by atoms with van der Waals surface area (Å²) in [6.07, 6.45) is 62.4. The zero-order valence-electron chi connectivity index (χ0n) is 37.2. The van der Waals surface area contributed by atoms with Crippen LogP contribution in [0.5, 0.6) is 0 Å². The summed E-state index contributed by atoms with van der Waals surface area (Å²) in [5.74, 6) is -0.207. The van der Waals surface area contributed by atoms with Crippen LogP contribution in [-0.2, 0) is 14.3 Å². The quantitative estimate of drug-likeness (QED) is 0.0380. The molecule has 0 spiro atoms. The van der Waals surface area contributed by atoms with Crippen molar-refractivity contribution in [3.8, 4) is 0 Å². The molecule has 0 aliphatic heterocycles. The molecule has 0 radical (unpaired) electrons. The van der Waals surface area contributed by atoms with Gasteiger partial charge in [0.15, 0.2) is 0 Å². The van der Waals surface area contributed by atoms with Gasteiger partial charge in [-0.3, -0.25) is 4.79 Å². The first-order valence-electron chi connectivity index (χ1n) is 24.6. The smallest absolute Gasteiger partial charge is 0.306 e. The Hall–Kier alpha value is -1.39.